The van der Waals surface area contributed by atoms with Crippen LogP contribution in [0, 0.1) is 21.4 Å². The van der Waals surface area contributed by atoms with Crippen LogP contribution in [0.25, 0.3) is 6.08 Å². The number of ketones is 2. The van der Waals surface area contributed by atoms with Gasteiger partial charge in [-0.1, -0.05) is 0 Å². The SMILES string of the molecule is CCN(CC)C(=O)/C(C#N)=C/c1cc(OC(=O)CC(C)=O)c(OC(=O)CC(C)=O)c([N+](=O)[O-])c1. The van der Waals surface area contributed by atoms with Gasteiger partial charge in [0, 0.05) is 19.2 Å². The summed E-state index contributed by atoms with van der Waals surface area (Å²) in [5.74, 6) is -5.35. The predicted octanol–water partition coefficient (Wildman–Crippen LogP) is 2.14. The van der Waals surface area contributed by atoms with E-state index in [0.717, 1.165) is 32.1 Å². The van der Waals surface area contributed by atoms with Crippen molar-refractivity contribution in [2.45, 2.75) is 40.5 Å². The Hall–Kier alpha value is -4.40. The number of Topliss-reactive ketones (excluding diaryl/α,β-unsaturated/α-hetero) is 2. The molecule has 0 heterocycles. The molecule has 12 nitrogen and oxygen atoms in total. The molecule has 0 saturated heterocycles. The summed E-state index contributed by atoms with van der Waals surface area (Å²) >= 11 is 0. The number of ether oxygens (including phenoxy) is 2. The van der Waals surface area contributed by atoms with E-state index >= 15 is 0 Å². The lowest BCUT2D eigenvalue weighted by molar-refractivity contribution is -0.385. The zero-order valence-corrected chi connectivity index (χ0v) is 19.1. The Kier molecular flexibility index (Phi) is 10.2. The molecular formula is C22H23N3O9. The molecule has 0 fully saturated rings. The molecule has 1 amide bonds. The number of nitrogens with zero attached hydrogens (tertiary/aromatic N) is 3. The summed E-state index contributed by atoms with van der Waals surface area (Å²) < 4.78 is 9.96. The molecule has 0 saturated carbocycles. The van der Waals surface area contributed by atoms with Crippen LogP contribution in [0.15, 0.2) is 17.7 Å². The molecule has 0 atom stereocenters. The number of hydrogen-bond acceptors (Lipinski definition) is 10. The molecule has 0 unspecified atom stereocenters. The van der Waals surface area contributed by atoms with Gasteiger partial charge in [0.1, 0.15) is 36.1 Å². The van der Waals surface area contributed by atoms with Crippen molar-refractivity contribution in [3.05, 3.63) is 33.4 Å². The average molecular weight is 473 g/mol. The lowest BCUT2D eigenvalue weighted by Gasteiger charge is -2.17. The summed E-state index contributed by atoms with van der Waals surface area (Å²) in [6, 6.07) is 3.67. The van der Waals surface area contributed by atoms with Gasteiger partial charge in [-0.05, 0) is 45.4 Å². The summed E-state index contributed by atoms with van der Waals surface area (Å²) in [5.41, 5.74) is -1.26. The Balaban J connectivity index is 3.68. The van der Waals surface area contributed by atoms with E-state index in [4.69, 9.17) is 9.47 Å². The molecule has 12 heteroatoms. The maximum Gasteiger partial charge on any atom is 0.319 e. The largest absolute Gasteiger partial charge is 0.422 e. The Morgan fingerprint density at radius 1 is 1.03 bits per heavy atom. The van der Waals surface area contributed by atoms with Gasteiger partial charge in [-0.25, -0.2) is 0 Å². The highest BCUT2D eigenvalue weighted by Gasteiger charge is 2.27. The lowest BCUT2D eigenvalue weighted by atomic mass is 10.1. The third-order valence-corrected chi connectivity index (χ3v) is 4.19. The van der Waals surface area contributed by atoms with Crippen LogP contribution < -0.4 is 9.47 Å². The van der Waals surface area contributed by atoms with Crippen LogP contribution in [0.4, 0.5) is 5.69 Å². The van der Waals surface area contributed by atoms with Crippen LogP contribution >= 0.6 is 0 Å². The van der Waals surface area contributed by atoms with Gasteiger partial charge in [0.15, 0.2) is 5.75 Å². The van der Waals surface area contributed by atoms with Gasteiger partial charge in [-0.15, -0.1) is 0 Å². The van der Waals surface area contributed by atoms with Gasteiger partial charge in [-0.2, -0.15) is 5.26 Å². The first-order valence-electron chi connectivity index (χ1n) is 10.1. The van der Waals surface area contributed by atoms with Crippen molar-refractivity contribution in [2.75, 3.05) is 13.1 Å². The maximum atomic E-state index is 12.5. The lowest BCUT2D eigenvalue weighted by Crippen LogP contribution is -2.31. The number of benzene rings is 1. The topological polar surface area (TPSA) is 174 Å². The van der Waals surface area contributed by atoms with E-state index in [2.05, 4.69) is 0 Å². The van der Waals surface area contributed by atoms with E-state index in [9.17, 15) is 39.3 Å². The molecule has 0 aromatic heterocycles. The average Bonchev–Trinajstić information content (AvgIpc) is 2.72. The number of hydrogen-bond donors (Lipinski definition) is 0. The Labute approximate surface area is 194 Å². The number of nitriles is 1. The number of carbonyl (C=O) groups excluding carboxylic acids is 5. The number of likely N-dealkylation sites (N-methyl/N-ethyl adjacent to an activating group) is 1. The first-order chi connectivity index (χ1) is 15.9. The molecular weight excluding hydrogens is 450 g/mol. The molecule has 0 radical (unpaired) electrons. The fourth-order valence-corrected chi connectivity index (χ4v) is 2.71. The van der Waals surface area contributed by atoms with Gasteiger partial charge in [0.25, 0.3) is 11.7 Å². The fourth-order valence-electron chi connectivity index (χ4n) is 2.71. The zero-order chi connectivity index (χ0) is 26.0. The van der Waals surface area contributed by atoms with E-state index < -0.39 is 64.4 Å². The molecule has 0 spiro atoms. The van der Waals surface area contributed by atoms with Crippen molar-refractivity contribution in [2.24, 2.45) is 0 Å². The van der Waals surface area contributed by atoms with Crippen LogP contribution in [0.5, 0.6) is 11.5 Å². The Morgan fingerprint density at radius 3 is 2.00 bits per heavy atom. The Bertz CT molecular complexity index is 1100. The molecule has 0 aliphatic carbocycles. The summed E-state index contributed by atoms with van der Waals surface area (Å²) in [5, 5.41) is 21.1. The van der Waals surface area contributed by atoms with Crippen molar-refractivity contribution in [1.82, 2.24) is 4.90 Å². The van der Waals surface area contributed by atoms with Crippen LogP contribution in [0.1, 0.15) is 46.1 Å². The molecule has 0 bridgehead atoms. The monoisotopic (exact) mass is 473 g/mol. The van der Waals surface area contributed by atoms with Crippen LogP contribution in [0.3, 0.4) is 0 Å². The maximum absolute atomic E-state index is 12.5. The second-order valence-electron chi connectivity index (χ2n) is 6.98. The number of rotatable bonds is 11. The van der Waals surface area contributed by atoms with Crippen LogP contribution in [-0.2, 0) is 24.0 Å². The van der Waals surface area contributed by atoms with E-state index in [1.54, 1.807) is 19.9 Å². The van der Waals surface area contributed by atoms with Gasteiger partial charge in [0.2, 0.25) is 0 Å². The molecule has 34 heavy (non-hydrogen) atoms. The molecule has 0 N–H and O–H groups in total. The van der Waals surface area contributed by atoms with Crippen LogP contribution in [-0.4, -0.2) is 52.3 Å². The highest BCUT2D eigenvalue weighted by molar-refractivity contribution is 6.02. The fraction of sp³-hybridized carbons (Fsp3) is 0.364. The number of carbonyl (C=O) groups is 5. The molecule has 180 valence electrons. The third kappa shape index (κ3) is 7.94. The van der Waals surface area contributed by atoms with E-state index in [-0.39, 0.29) is 11.1 Å². The van der Waals surface area contributed by atoms with Crippen LogP contribution in [0.2, 0.25) is 0 Å². The van der Waals surface area contributed by atoms with Gasteiger partial charge in [0.05, 0.1) is 4.92 Å². The van der Waals surface area contributed by atoms with Crippen molar-refractivity contribution >= 4 is 41.2 Å². The van der Waals surface area contributed by atoms with E-state index in [1.807, 2.05) is 0 Å². The number of nitro benzene ring substituents is 1. The van der Waals surface area contributed by atoms with E-state index in [1.165, 1.54) is 4.90 Å². The highest BCUT2D eigenvalue weighted by Crippen LogP contribution is 2.39. The molecule has 1 aromatic carbocycles. The van der Waals surface area contributed by atoms with Gasteiger partial charge < -0.3 is 14.4 Å². The first-order valence-corrected chi connectivity index (χ1v) is 10.1. The van der Waals surface area contributed by atoms with Crippen molar-refractivity contribution in [3.63, 3.8) is 0 Å². The van der Waals surface area contributed by atoms with Crippen molar-refractivity contribution in [1.29, 1.82) is 5.26 Å². The first kappa shape index (κ1) is 27.6. The minimum atomic E-state index is -1.14. The summed E-state index contributed by atoms with van der Waals surface area (Å²) in [4.78, 5) is 71.1. The highest BCUT2D eigenvalue weighted by atomic mass is 16.6. The quantitative estimate of drug-likeness (QED) is 0.0880. The predicted molar refractivity (Wildman–Crippen MR) is 116 cm³/mol. The third-order valence-electron chi connectivity index (χ3n) is 4.19. The summed E-state index contributed by atoms with van der Waals surface area (Å²) in [6.45, 7) is 6.26. The van der Waals surface area contributed by atoms with Gasteiger partial charge in [-0.3, -0.25) is 34.1 Å². The van der Waals surface area contributed by atoms with Crippen molar-refractivity contribution < 1.29 is 38.4 Å². The zero-order valence-electron chi connectivity index (χ0n) is 19.1. The minimum absolute atomic E-state index is 0.0826. The van der Waals surface area contributed by atoms with Crippen molar-refractivity contribution in [3.8, 4) is 17.6 Å². The number of esters is 2. The number of amides is 1. The smallest absolute Gasteiger partial charge is 0.319 e. The minimum Gasteiger partial charge on any atom is -0.422 e. The number of nitro groups is 1. The normalized spacial score (nSPS) is 10.6. The Morgan fingerprint density at radius 2 is 1.56 bits per heavy atom. The molecule has 1 aromatic rings. The molecule has 0 aliphatic heterocycles. The second-order valence-corrected chi connectivity index (χ2v) is 6.98. The van der Waals surface area contributed by atoms with E-state index in [0.29, 0.717) is 13.1 Å². The second kappa shape index (κ2) is 12.6. The summed E-state index contributed by atoms with van der Waals surface area (Å²) in [6.07, 6.45) is -0.313. The standard InChI is InChI=1S/C22H23N3O9/c1-5-24(6-2)22(30)16(12-23)9-15-10-17(25(31)32)21(34-20(29)8-14(4)27)18(11-15)33-19(28)7-13(3)26/h9-11H,5-8H2,1-4H3/b16-9+. The molecule has 1 rings (SSSR count). The van der Waals surface area contributed by atoms with Gasteiger partial charge >= 0.3 is 17.6 Å². The molecule has 0 aliphatic rings. The summed E-state index contributed by atoms with van der Waals surface area (Å²) in [7, 11) is 0.